The molecule has 0 spiro atoms. The highest BCUT2D eigenvalue weighted by Crippen LogP contribution is 2.14. The van der Waals surface area contributed by atoms with Crippen molar-refractivity contribution in [2.75, 3.05) is 13.1 Å². The number of carbonyl (C=O) groups is 1. The fraction of sp³-hybridized carbons (Fsp3) is 0.429. The normalized spacial score (nSPS) is 15.4. The maximum atomic E-state index is 12.2. The molecule has 0 atom stereocenters. The van der Waals surface area contributed by atoms with Gasteiger partial charge in [-0.1, -0.05) is 24.4 Å². The van der Waals surface area contributed by atoms with Crippen LogP contribution in [0.3, 0.4) is 0 Å². The summed E-state index contributed by atoms with van der Waals surface area (Å²) in [6.07, 6.45) is 4.06. The lowest BCUT2D eigenvalue weighted by Gasteiger charge is -2.26. The molecule has 0 aromatic heterocycles. The maximum absolute atomic E-state index is 12.2. The van der Waals surface area contributed by atoms with Crippen LogP contribution in [0.15, 0.2) is 24.3 Å². The third-order valence-electron chi connectivity index (χ3n) is 3.22. The molecule has 0 aliphatic carbocycles. The summed E-state index contributed by atoms with van der Waals surface area (Å²) in [5, 5.41) is 0. The van der Waals surface area contributed by atoms with Gasteiger partial charge < -0.3 is 10.6 Å². The van der Waals surface area contributed by atoms with Crippen molar-refractivity contribution in [1.29, 1.82) is 0 Å². The van der Waals surface area contributed by atoms with Crippen LogP contribution in [0, 0.1) is 0 Å². The summed E-state index contributed by atoms with van der Waals surface area (Å²) >= 11 is 4.87. The van der Waals surface area contributed by atoms with Crippen LogP contribution in [0.4, 0.5) is 0 Å². The second kappa shape index (κ2) is 5.96. The van der Waals surface area contributed by atoms with E-state index in [0.717, 1.165) is 37.1 Å². The number of hydrogen-bond donors (Lipinski definition) is 1. The predicted octanol–water partition coefficient (Wildman–Crippen LogP) is 2.14. The number of nitrogens with zero attached hydrogens (tertiary/aromatic N) is 1. The summed E-state index contributed by atoms with van der Waals surface area (Å²) in [6.45, 7) is 1.76. The van der Waals surface area contributed by atoms with E-state index in [2.05, 4.69) is 0 Å². The summed E-state index contributed by atoms with van der Waals surface area (Å²) in [7, 11) is 0. The lowest BCUT2D eigenvalue weighted by Crippen LogP contribution is -2.35. The molecular formula is C14H18N2OS. The first-order valence-corrected chi connectivity index (χ1v) is 6.74. The first-order valence-electron chi connectivity index (χ1n) is 6.33. The van der Waals surface area contributed by atoms with Crippen LogP contribution in [0.5, 0.6) is 0 Å². The molecule has 2 N–H and O–H groups in total. The average molecular weight is 262 g/mol. The van der Waals surface area contributed by atoms with Gasteiger partial charge in [0.25, 0.3) is 5.91 Å². The minimum Gasteiger partial charge on any atom is -0.393 e. The third kappa shape index (κ3) is 3.29. The Kier molecular flexibility index (Phi) is 4.31. The van der Waals surface area contributed by atoms with Crippen molar-refractivity contribution in [3.8, 4) is 0 Å². The molecule has 0 radical (unpaired) electrons. The van der Waals surface area contributed by atoms with Crippen LogP contribution in [0.1, 0.15) is 35.2 Å². The summed E-state index contributed by atoms with van der Waals surface area (Å²) < 4.78 is 0. The zero-order valence-electron chi connectivity index (χ0n) is 10.4. The van der Waals surface area contributed by atoms with Crippen molar-refractivity contribution in [2.24, 2.45) is 5.73 Å². The van der Waals surface area contributed by atoms with Crippen molar-refractivity contribution in [1.82, 2.24) is 4.90 Å². The van der Waals surface area contributed by atoms with Crippen LogP contribution in [-0.2, 0) is 6.42 Å². The molecule has 1 aromatic rings. The molecule has 1 heterocycles. The van der Waals surface area contributed by atoms with Crippen LogP contribution >= 0.6 is 12.2 Å². The summed E-state index contributed by atoms with van der Waals surface area (Å²) in [5.41, 5.74) is 7.30. The molecule has 0 unspecified atom stereocenters. The minimum absolute atomic E-state index is 0.136. The van der Waals surface area contributed by atoms with E-state index < -0.39 is 0 Å². The molecular weight excluding hydrogens is 244 g/mol. The minimum atomic E-state index is 0.136. The maximum Gasteiger partial charge on any atom is 0.253 e. The predicted molar refractivity (Wildman–Crippen MR) is 76.7 cm³/mol. The molecule has 3 nitrogen and oxygen atoms in total. The highest BCUT2D eigenvalue weighted by molar-refractivity contribution is 7.80. The lowest BCUT2D eigenvalue weighted by molar-refractivity contribution is 0.0724. The number of thiocarbonyl (C=S) groups is 1. The fourth-order valence-corrected chi connectivity index (χ4v) is 2.41. The van der Waals surface area contributed by atoms with E-state index in [9.17, 15) is 4.79 Å². The number of benzene rings is 1. The van der Waals surface area contributed by atoms with Crippen LogP contribution in [-0.4, -0.2) is 28.9 Å². The Morgan fingerprint density at radius 3 is 2.33 bits per heavy atom. The summed E-state index contributed by atoms with van der Waals surface area (Å²) in [6, 6.07) is 7.59. The van der Waals surface area contributed by atoms with Gasteiger partial charge in [-0.2, -0.15) is 0 Å². The second-order valence-electron chi connectivity index (χ2n) is 4.69. The van der Waals surface area contributed by atoms with E-state index in [4.69, 9.17) is 18.0 Å². The summed E-state index contributed by atoms with van der Waals surface area (Å²) in [5.74, 6) is 0.136. The van der Waals surface area contributed by atoms with Crippen LogP contribution < -0.4 is 5.73 Å². The largest absolute Gasteiger partial charge is 0.393 e. The smallest absolute Gasteiger partial charge is 0.253 e. The van der Waals surface area contributed by atoms with Crippen molar-refractivity contribution in [3.63, 3.8) is 0 Å². The van der Waals surface area contributed by atoms with Gasteiger partial charge >= 0.3 is 0 Å². The fourth-order valence-electron chi connectivity index (χ4n) is 2.25. The number of likely N-dealkylation sites (tertiary alicyclic amines) is 1. The van der Waals surface area contributed by atoms with Gasteiger partial charge in [0, 0.05) is 25.1 Å². The molecule has 1 saturated heterocycles. The molecule has 1 fully saturated rings. The Morgan fingerprint density at radius 2 is 1.78 bits per heavy atom. The Labute approximate surface area is 113 Å². The van der Waals surface area contributed by atoms with Crippen LogP contribution in [0.2, 0.25) is 0 Å². The molecule has 0 bridgehead atoms. The van der Waals surface area contributed by atoms with Gasteiger partial charge in [0.05, 0.1) is 4.99 Å². The van der Waals surface area contributed by atoms with Gasteiger partial charge in [-0.3, -0.25) is 4.79 Å². The van der Waals surface area contributed by atoms with Crippen LogP contribution in [0.25, 0.3) is 0 Å². The van der Waals surface area contributed by atoms with Gasteiger partial charge in [-0.15, -0.1) is 0 Å². The zero-order chi connectivity index (χ0) is 13.0. The van der Waals surface area contributed by atoms with Crippen molar-refractivity contribution < 1.29 is 4.79 Å². The molecule has 2 rings (SSSR count). The summed E-state index contributed by atoms with van der Waals surface area (Å²) in [4.78, 5) is 14.6. The standard InChI is InChI=1S/C14H18N2OS/c15-13(18)10-11-4-6-12(7-5-11)14(17)16-8-2-1-3-9-16/h4-7H,1-3,8-10H2,(H2,15,18). The Hall–Kier alpha value is -1.42. The van der Waals surface area contributed by atoms with E-state index in [1.165, 1.54) is 6.42 Å². The SMILES string of the molecule is NC(=S)Cc1ccc(C(=O)N2CCCCC2)cc1. The van der Waals surface area contributed by atoms with E-state index in [1.54, 1.807) is 0 Å². The van der Waals surface area contributed by atoms with Crippen molar-refractivity contribution in [2.45, 2.75) is 25.7 Å². The van der Waals surface area contributed by atoms with Crippen molar-refractivity contribution in [3.05, 3.63) is 35.4 Å². The number of hydrogen-bond acceptors (Lipinski definition) is 2. The van der Waals surface area contributed by atoms with Gasteiger partial charge in [0.2, 0.25) is 0 Å². The Balaban J connectivity index is 2.04. The van der Waals surface area contributed by atoms with E-state index >= 15 is 0 Å². The second-order valence-corrected chi connectivity index (χ2v) is 5.22. The molecule has 1 amide bonds. The van der Waals surface area contributed by atoms with E-state index in [0.29, 0.717) is 11.4 Å². The van der Waals surface area contributed by atoms with E-state index in [-0.39, 0.29) is 5.91 Å². The monoisotopic (exact) mass is 262 g/mol. The Morgan fingerprint density at radius 1 is 1.17 bits per heavy atom. The molecule has 1 aliphatic rings. The highest BCUT2D eigenvalue weighted by Gasteiger charge is 2.17. The molecule has 4 heteroatoms. The molecule has 1 aliphatic heterocycles. The first-order chi connectivity index (χ1) is 8.66. The van der Waals surface area contributed by atoms with Gasteiger partial charge in [0.1, 0.15) is 0 Å². The Bertz CT molecular complexity index is 436. The number of piperidine rings is 1. The first kappa shape index (κ1) is 13.0. The van der Waals surface area contributed by atoms with E-state index in [1.807, 2.05) is 29.2 Å². The van der Waals surface area contributed by atoms with Gasteiger partial charge in [-0.05, 0) is 37.0 Å². The zero-order valence-corrected chi connectivity index (χ0v) is 11.2. The van der Waals surface area contributed by atoms with Crippen molar-refractivity contribution >= 4 is 23.1 Å². The number of amides is 1. The third-order valence-corrected chi connectivity index (χ3v) is 3.37. The highest BCUT2D eigenvalue weighted by atomic mass is 32.1. The number of nitrogens with two attached hydrogens (primary N) is 1. The van der Waals surface area contributed by atoms with Gasteiger partial charge in [0.15, 0.2) is 0 Å². The number of rotatable bonds is 3. The molecule has 0 saturated carbocycles. The lowest BCUT2D eigenvalue weighted by atomic mass is 10.1. The van der Waals surface area contributed by atoms with Gasteiger partial charge in [-0.25, -0.2) is 0 Å². The average Bonchev–Trinajstić information content (AvgIpc) is 2.39. The topological polar surface area (TPSA) is 46.3 Å². The molecule has 96 valence electrons. The quantitative estimate of drug-likeness (QED) is 0.849. The number of carbonyl (C=O) groups excluding carboxylic acids is 1. The molecule has 18 heavy (non-hydrogen) atoms. The molecule has 1 aromatic carbocycles.